The molecule has 0 fully saturated rings. The molecule has 1 aromatic carbocycles. The molecule has 4 rings (SSSR count). The van der Waals surface area contributed by atoms with Crippen LogP contribution in [0, 0.1) is 26.6 Å². The number of hydrogen-bond acceptors (Lipinski definition) is 3. The predicted octanol–water partition coefficient (Wildman–Crippen LogP) is 7.36. The van der Waals surface area contributed by atoms with E-state index in [-0.39, 0.29) is 5.82 Å². The fourth-order valence-corrected chi connectivity index (χ4v) is 5.68. The van der Waals surface area contributed by atoms with Gasteiger partial charge in [0.05, 0.1) is 11.3 Å². The van der Waals surface area contributed by atoms with Crippen LogP contribution in [0.2, 0.25) is 0 Å². The SMILES string of the molecule is CCCC(CCC)c1cc(C)nc2c(-c3sc4ccc(F)cc4c3C)c(C)nn12. The second-order valence-electron chi connectivity index (χ2n) is 7.99. The molecule has 3 nitrogen and oxygen atoms in total. The topological polar surface area (TPSA) is 30.2 Å². The molecule has 0 radical (unpaired) electrons. The van der Waals surface area contributed by atoms with Crippen LogP contribution in [0.5, 0.6) is 0 Å². The summed E-state index contributed by atoms with van der Waals surface area (Å²) in [5.41, 5.74) is 6.37. The number of thiophene rings is 1. The Morgan fingerprint density at radius 2 is 1.79 bits per heavy atom. The van der Waals surface area contributed by atoms with Crippen molar-refractivity contribution < 1.29 is 4.39 Å². The Morgan fingerprint density at radius 1 is 1.07 bits per heavy atom. The Hall–Kier alpha value is -2.27. The van der Waals surface area contributed by atoms with Gasteiger partial charge in [0.1, 0.15) is 5.82 Å². The lowest BCUT2D eigenvalue weighted by atomic mass is 9.94. The van der Waals surface area contributed by atoms with E-state index in [2.05, 4.69) is 45.2 Å². The van der Waals surface area contributed by atoms with Gasteiger partial charge in [-0.2, -0.15) is 5.10 Å². The number of benzene rings is 1. The van der Waals surface area contributed by atoms with Crippen molar-refractivity contribution in [2.45, 2.75) is 66.2 Å². The number of rotatable bonds is 6. The fraction of sp³-hybridized carbons (Fsp3) is 0.417. The lowest BCUT2D eigenvalue weighted by molar-refractivity contribution is 0.533. The molecule has 0 aliphatic rings. The molecule has 0 aliphatic carbocycles. The first-order valence-corrected chi connectivity index (χ1v) is 11.3. The van der Waals surface area contributed by atoms with Gasteiger partial charge in [-0.15, -0.1) is 11.3 Å². The quantitative estimate of drug-likeness (QED) is 0.333. The van der Waals surface area contributed by atoms with Crippen molar-refractivity contribution in [3.63, 3.8) is 0 Å². The number of hydrogen-bond donors (Lipinski definition) is 0. The summed E-state index contributed by atoms with van der Waals surface area (Å²) >= 11 is 1.70. The third-order valence-corrected chi connectivity index (χ3v) is 7.03. The van der Waals surface area contributed by atoms with Crippen LogP contribution in [-0.4, -0.2) is 14.6 Å². The average Bonchev–Trinajstić information content (AvgIpc) is 3.17. The van der Waals surface area contributed by atoms with Crippen molar-refractivity contribution in [1.29, 1.82) is 0 Å². The van der Waals surface area contributed by atoms with Crippen LogP contribution >= 0.6 is 11.3 Å². The van der Waals surface area contributed by atoms with Crippen LogP contribution in [0.15, 0.2) is 24.3 Å². The summed E-state index contributed by atoms with van der Waals surface area (Å²) in [7, 11) is 0. The summed E-state index contributed by atoms with van der Waals surface area (Å²) in [6.07, 6.45) is 4.62. The van der Waals surface area contributed by atoms with Gasteiger partial charge >= 0.3 is 0 Å². The molecule has 5 heteroatoms. The first-order valence-electron chi connectivity index (χ1n) is 10.5. The predicted molar refractivity (Wildman–Crippen MR) is 121 cm³/mol. The Balaban J connectivity index is 1.98. The summed E-state index contributed by atoms with van der Waals surface area (Å²) in [4.78, 5) is 6.04. The zero-order chi connectivity index (χ0) is 20.7. The van der Waals surface area contributed by atoms with Gasteiger partial charge in [-0.25, -0.2) is 13.9 Å². The molecule has 0 spiro atoms. The standard InChI is InChI=1S/C24H28FN3S/c1-6-8-17(9-7-2)20-12-14(3)26-24-22(16(5)27-28(20)24)23-15(4)19-13-18(25)10-11-21(19)29-23/h10-13,17H,6-9H2,1-5H3. The molecule has 0 bridgehead atoms. The Kier molecular flexibility index (Phi) is 5.43. The first-order chi connectivity index (χ1) is 13.9. The molecule has 29 heavy (non-hydrogen) atoms. The molecule has 0 saturated carbocycles. The van der Waals surface area contributed by atoms with Crippen LogP contribution in [0.25, 0.3) is 26.2 Å². The summed E-state index contributed by atoms with van der Waals surface area (Å²) in [6.45, 7) is 10.7. The van der Waals surface area contributed by atoms with E-state index in [9.17, 15) is 4.39 Å². The van der Waals surface area contributed by atoms with E-state index < -0.39 is 0 Å². The molecule has 3 heterocycles. The van der Waals surface area contributed by atoms with Crippen molar-refractivity contribution in [2.24, 2.45) is 0 Å². The number of halogens is 1. The maximum Gasteiger partial charge on any atom is 0.164 e. The van der Waals surface area contributed by atoms with Crippen LogP contribution in [0.4, 0.5) is 4.39 Å². The van der Waals surface area contributed by atoms with Crippen LogP contribution in [0.3, 0.4) is 0 Å². The van der Waals surface area contributed by atoms with Gasteiger partial charge in [0.15, 0.2) is 5.65 Å². The molecular weight excluding hydrogens is 381 g/mol. The highest BCUT2D eigenvalue weighted by molar-refractivity contribution is 7.22. The zero-order valence-electron chi connectivity index (χ0n) is 17.8. The molecule has 0 atom stereocenters. The summed E-state index contributed by atoms with van der Waals surface area (Å²) < 4.78 is 17.0. The van der Waals surface area contributed by atoms with Crippen LogP contribution < -0.4 is 0 Å². The fourth-order valence-electron chi connectivity index (χ4n) is 4.40. The van der Waals surface area contributed by atoms with Crippen LogP contribution in [0.1, 0.15) is 68.1 Å². The lowest BCUT2D eigenvalue weighted by Crippen LogP contribution is -2.08. The molecule has 0 amide bonds. The van der Waals surface area contributed by atoms with Crippen molar-refractivity contribution in [3.05, 3.63) is 52.7 Å². The van der Waals surface area contributed by atoms with Gasteiger partial charge in [-0.1, -0.05) is 26.7 Å². The third kappa shape index (κ3) is 3.46. The summed E-state index contributed by atoms with van der Waals surface area (Å²) in [5.74, 6) is 0.290. The maximum atomic E-state index is 13.8. The largest absolute Gasteiger partial charge is 0.233 e. The number of aryl methyl sites for hydroxylation is 3. The van der Waals surface area contributed by atoms with Gasteiger partial charge in [0.2, 0.25) is 0 Å². The minimum Gasteiger partial charge on any atom is -0.233 e. The van der Waals surface area contributed by atoms with E-state index in [0.717, 1.165) is 68.8 Å². The minimum absolute atomic E-state index is 0.195. The van der Waals surface area contributed by atoms with E-state index in [1.165, 1.54) is 11.8 Å². The van der Waals surface area contributed by atoms with E-state index in [1.807, 2.05) is 6.07 Å². The highest BCUT2D eigenvalue weighted by Crippen LogP contribution is 2.42. The van der Waals surface area contributed by atoms with Crippen molar-refractivity contribution in [3.8, 4) is 10.4 Å². The number of nitrogens with zero attached hydrogens (tertiary/aromatic N) is 3. The van der Waals surface area contributed by atoms with Gasteiger partial charge in [-0.3, -0.25) is 0 Å². The molecule has 152 valence electrons. The molecule has 0 N–H and O–H groups in total. The maximum absolute atomic E-state index is 13.8. The average molecular weight is 410 g/mol. The summed E-state index contributed by atoms with van der Waals surface area (Å²) in [6, 6.07) is 7.24. The molecule has 0 aliphatic heterocycles. The highest BCUT2D eigenvalue weighted by Gasteiger charge is 2.23. The second-order valence-corrected chi connectivity index (χ2v) is 9.04. The zero-order valence-corrected chi connectivity index (χ0v) is 18.7. The van der Waals surface area contributed by atoms with Crippen molar-refractivity contribution in [2.75, 3.05) is 0 Å². The monoisotopic (exact) mass is 409 g/mol. The first kappa shape index (κ1) is 20.0. The van der Waals surface area contributed by atoms with Gasteiger partial charge < -0.3 is 0 Å². The normalized spacial score (nSPS) is 12.0. The lowest BCUT2D eigenvalue weighted by Gasteiger charge is -2.17. The Labute approximate surface area is 175 Å². The molecular formula is C24H28FN3S. The molecule has 3 aromatic heterocycles. The number of fused-ring (bicyclic) bond motifs is 2. The number of aromatic nitrogens is 3. The second kappa shape index (κ2) is 7.86. The Bertz CT molecular complexity index is 1180. The van der Waals surface area contributed by atoms with E-state index >= 15 is 0 Å². The molecule has 0 unspecified atom stereocenters. The van der Waals surface area contributed by atoms with E-state index in [4.69, 9.17) is 10.1 Å². The van der Waals surface area contributed by atoms with Crippen LogP contribution in [-0.2, 0) is 0 Å². The van der Waals surface area contributed by atoms with Gasteiger partial charge in [-0.05, 0) is 68.8 Å². The third-order valence-electron chi connectivity index (χ3n) is 5.74. The van der Waals surface area contributed by atoms with Crippen molar-refractivity contribution >= 4 is 27.1 Å². The smallest absolute Gasteiger partial charge is 0.164 e. The van der Waals surface area contributed by atoms with Gasteiger partial charge in [0, 0.05) is 26.9 Å². The Morgan fingerprint density at radius 3 is 2.48 bits per heavy atom. The van der Waals surface area contributed by atoms with Gasteiger partial charge in [0.25, 0.3) is 0 Å². The van der Waals surface area contributed by atoms with Crippen molar-refractivity contribution in [1.82, 2.24) is 14.6 Å². The summed E-state index contributed by atoms with van der Waals surface area (Å²) in [5, 5.41) is 5.91. The van der Waals surface area contributed by atoms with E-state index in [1.54, 1.807) is 17.4 Å². The minimum atomic E-state index is -0.195. The van der Waals surface area contributed by atoms with E-state index in [0.29, 0.717) is 5.92 Å². The molecule has 4 aromatic rings. The highest BCUT2D eigenvalue weighted by atomic mass is 32.1. The molecule has 0 saturated heterocycles.